The van der Waals surface area contributed by atoms with Crippen LogP contribution in [0.5, 0.6) is 0 Å². The summed E-state index contributed by atoms with van der Waals surface area (Å²) in [5.41, 5.74) is 2.10. The highest BCUT2D eigenvalue weighted by Crippen LogP contribution is 2.49. The molecule has 0 saturated carbocycles. The molecule has 2 aromatic rings. The smallest absolute Gasteiger partial charge is 0.374 e. The van der Waals surface area contributed by atoms with Crippen LogP contribution in [0.15, 0.2) is 41.6 Å². The Hall–Kier alpha value is -2.66. The first-order valence-electron chi connectivity index (χ1n) is 9.77. The fourth-order valence-electron chi connectivity index (χ4n) is 3.39. The van der Waals surface area contributed by atoms with Crippen molar-refractivity contribution >= 4 is 40.5 Å². The molecule has 13 heteroatoms. The van der Waals surface area contributed by atoms with Crippen molar-refractivity contribution in [2.45, 2.75) is 44.1 Å². The van der Waals surface area contributed by atoms with E-state index >= 15 is 0 Å². The van der Waals surface area contributed by atoms with Crippen LogP contribution in [0.25, 0.3) is 0 Å². The van der Waals surface area contributed by atoms with Crippen molar-refractivity contribution in [1.82, 2.24) is 5.43 Å². The topological polar surface area (TPSA) is 62.7 Å². The van der Waals surface area contributed by atoms with Gasteiger partial charge in [-0.3, -0.25) is 15.6 Å². The normalized spacial score (nSPS) is 18.3. The molecule has 0 bridgehead atoms. The molecule has 0 aromatic heterocycles. The summed E-state index contributed by atoms with van der Waals surface area (Å²) >= 11 is 11.8. The minimum absolute atomic E-state index is 0.0171. The first-order chi connectivity index (χ1) is 15.7. The lowest BCUT2D eigenvalue weighted by atomic mass is 9.86. The van der Waals surface area contributed by atoms with Gasteiger partial charge in [0, 0.05) is 27.6 Å². The second-order valence-electron chi connectivity index (χ2n) is 7.48. The molecule has 0 radical (unpaired) electrons. The first-order valence-corrected chi connectivity index (χ1v) is 10.5. The van der Waals surface area contributed by atoms with Gasteiger partial charge in [0.15, 0.2) is 0 Å². The molecule has 3 rings (SSSR count). The molecular weight excluding hydrogens is 511 g/mol. The van der Waals surface area contributed by atoms with E-state index in [9.17, 15) is 31.1 Å². The van der Waals surface area contributed by atoms with Gasteiger partial charge < -0.3 is 4.84 Å². The van der Waals surface area contributed by atoms with Crippen LogP contribution in [0.2, 0.25) is 10.0 Å². The number of benzene rings is 2. The number of carbonyl (C=O) groups excluding carboxylic acids is 1. The Kier molecular flexibility index (Phi) is 7.28. The van der Waals surface area contributed by atoms with Crippen LogP contribution in [-0.4, -0.2) is 24.0 Å². The van der Waals surface area contributed by atoms with Crippen LogP contribution in [0, 0.1) is 0 Å². The van der Waals surface area contributed by atoms with E-state index in [0.717, 1.165) is 12.1 Å². The summed E-state index contributed by atoms with van der Waals surface area (Å²) in [5, 5.41) is 3.61. The van der Waals surface area contributed by atoms with E-state index < -0.39 is 36.7 Å². The number of hydrazine groups is 1. The largest absolute Gasteiger partial charge is 0.435 e. The monoisotopic (exact) mass is 527 g/mol. The number of carbonyl (C=O) groups is 1. The summed E-state index contributed by atoms with van der Waals surface area (Å²) in [4.78, 5) is 16.4. The van der Waals surface area contributed by atoms with Gasteiger partial charge in [0.05, 0.1) is 11.4 Å². The Morgan fingerprint density at radius 1 is 1.09 bits per heavy atom. The number of rotatable bonds is 6. The molecule has 0 fully saturated rings. The van der Waals surface area contributed by atoms with Gasteiger partial charge in [-0.2, -0.15) is 26.3 Å². The minimum Gasteiger partial charge on any atom is -0.374 e. The average molecular weight is 528 g/mol. The predicted octanol–water partition coefficient (Wildman–Crippen LogP) is 6.53. The maximum absolute atomic E-state index is 14.2. The molecule has 1 aliphatic heterocycles. The molecule has 1 unspecified atom stereocenters. The molecule has 1 aliphatic rings. The van der Waals surface area contributed by atoms with E-state index in [2.05, 4.69) is 10.6 Å². The van der Waals surface area contributed by atoms with Gasteiger partial charge in [0.25, 0.3) is 5.60 Å². The van der Waals surface area contributed by atoms with Gasteiger partial charge in [-0.1, -0.05) is 47.4 Å². The fraction of sp³-hybridized carbons (Fsp3) is 0.333. The van der Waals surface area contributed by atoms with Crippen molar-refractivity contribution in [3.8, 4) is 0 Å². The van der Waals surface area contributed by atoms with Crippen molar-refractivity contribution in [1.29, 1.82) is 0 Å². The van der Waals surface area contributed by atoms with Gasteiger partial charge in [0.2, 0.25) is 5.91 Å². The van der Waals surface area contributed by atoms with Gasteiger partial charge in [-0.25, -0.2) is 0 Å². The Balaban J connectivity index is 1.89. The van der Waals surface area contributed by atoms with E-state index in [-0.39, 0.29) is 32.6 Å². The Labute approximate surface area is 200 Å². The molecule has 34 heavy (non-hydrogen) atoms. The van der Waals surface area contributed by atoms with Crippen LogP contribution >= 0.6 is 23.2 Å². The molecular formula is C21H17Cl2F6N3O2. The lowest BCUT2D eigenvalue weighted by Crippen LogP contribution is -2.42. The van der Waals surface area contributed by atoms with Crippen LogP contribution < -0.4 is 10.9 Å². The zero-order valence-electron chi connectivity index (χ0n) is 17.4. The number of nitrogens with one attached hydrogen (secondary N) is 2. The Morgan fingerprint density at radius 3 is 2.29 bits per heavy atom. The average Bonchev–Trinajstić information content (AvgIpc) is 3.17. The molecule has 0 aliphatic carbocycles. The third kappa shape index (κ3) is 5.69. The standard InChI is InChI=1S/C21H17Cl2F6N3O2/c1-2-11-3-4-12(5-16(11)30-31-18(33)10-20(24,25)26)17-9-19(34-32-17,21(27,28)29)13-6-14(22)8-15(23)7-13/h3-8,30H,2,9-10H2,1H3,(H,31,33). The summed E-state index contributed by atoms with van der Waals surface area (Å²) in [6.45, 7) is 1.76. The number of hydrogen-bond acceptors (Lipinski definition) is 4. The van der Waals surface area contributed by atoms with Gasteiger partial charge in [-0.05, 0) is 36.2 Å². The van der Waals surface area contributed by atoms with E-state index in [1.807, 2.05) is 5.43 Å². The van der Waals surface area contributed by atoms with Crippen molar-refractivity contribution in [3.05, 3.63) is 63.1 Å². The third-order valence-corrected chi connectivity index (χ3v) is 5.47. The number of amides is 1. The second-order valence-corrected chi connectivity index (χ2v) is 8.35. The highest BCUT2D eigenvalue weighted by molar-refractivity contribution is 6.34. The van der Waals surface area contributed by atoms with Gasteiger partial charge in [0.1, 0.15) is 6.42 Å². The molecule has 2 aromatic carbocycles. The summed E-state index contributed by atoms with van der Waals surface area (Å²) in [5.74, 6) is -1.32. The minimum atomic E-state index is -4.89. The molecule has 1 atom stereocenters. The number of aryl methyl sites for hydroxylation is 1. The van der Waals surface area contributed by atoms with E-state index in [4.69, 9.17) is 28.0 Å². The third-order valence-electron chi connectivity index (χ3n) is 5.04. The molecule has 0 spiro atoms. The van der Waals surface area contributed by atoms with Crippen LogP contribution in [-0.2, 0) is 21.7 Å². The van der Waals surface area contributed by atoms with Crippen molar-refractivity contribution in [3.63, 3.8) is 0 Å². The van der Waals surface area contributed by atoms with Crippen LogP contribution in [0.3, 0.4) is 0 Å². The van der Waals surface area contributed by atoms with Gasteiger partial charge in [-0.15, -0.1) is 0 Å². The molecule has 1 heterocycles. The highest BCUT2D eigenvalue weighted by atomic mass is 35.5. The summed E-state index contributed by atoms with van der Waals surface area (Å²) in [7, 11) is 0. The van der Waals surface area contributed by atoms with Crippen molar-refractivity contribution in [2.24, 2.45) is 5.16 Å². The fourth-order valence-corrected chi connectivity index (χ4v) is 3.92. The molecule has 5 nitrogen and oxygen atoms in total. The lowest BCUT2D eigenvalue weighted by molar-refractivity contribution is -0.275. The Bertz CT molecular complexity index is 1100. The summed E-state index contributed by atoms with van der Waals surface area (Å²) < 4.78 is 79.6. The zero-order chi connectivity index (χ0) is 25.3. The van der Waals surface area contributed by atoms with Crippen LogP contribution in [0.4, 0.5) is 32.0 Å². The zero-order valence-corrected chi connectivity index (χ0v) is 18.9. The number of oxime groups is 1. The molecule has 2 N–H and O–H groups in total. The highest BCUT2D eigenvalue weighted by Gasteiger charge is 2.62. The molecule has 184 valence electrons. The van der Waals surface area contributed by atoms with Crippen LogP contribution in [0.1, 0.15) is 36.5 Å². The molecule has 1 amide bonds. The van der Waals surface area contributed by atoms with E-state index in [0.29, 0.717) is 12.0 Å². The van der Waals surface area contributed by atoms with Crippen molar-refractivity contribution in [2.75, 3.05) is 5.43 Å². The van der Waals surface area contributed by atoms with E-state index in [1.54, 1.807) is 13.0 Å². The number of halogens is 8. The number of anilines is 1. The predicted molar refractivity (Wildman–Crippen MR) is 115 cm³/mol. The SMILES string of the molecule is CCc1ccc(C2=NOC(c3cc(Cl)cc(Cl)c3)(C(F)(F)F)C2)cc1NNC(=O)CC(F)(F)F. The number of nitrogens with zero attached hydrogens (tertiary/aromatic N) is 1. The lowest BCUT2D eigenvalue weighted by Gasteiger charge is -2.29. The summed E-state index contributed by atoms with van der Waals surface area (Å²) in [6, 6.07) is 7.88. The maximum atomic E-state index is 14.2. The van der Waals surface area contributed by atoms with Gasteiger partial charge >= 0.3 is 12.4 Å². The molecule has 0 saturated heterocycles. The van der Waals surface area contributed by atoms with E-state index in [1.165, 1.54) is 18.2 Å². The second kappa shape index (κ2) is 9.53. The summed E-state index contributed by atoms with van der Waals surface area (Å²) in [6.07, 6.45) is -11.6. The maximum Gasteiger partial charge on any atom is 0.435 e. The first kappa shape index (κ1) is 26.0. The Morgan fingerprint density at radius 2 is 1.74 bits per heavy atom. The number of hydrogen-bond donors (Lipinski definition) is 2. The number of alkyl halides is 6. The quantitative estimate of drug-likeness (QED) is 0.331. The van der Waals surface area contributed by atoms with Crippen molar-refractivity contribution < 1.29 is 36.0 Å².